The van der Waals surface area contributed by atoms with Gasteiger partial charge in [-0.1, -0.05) is 36.4 Å². The molecule has 0 aliphatic carbocycles. The van der Waals surface area contributed by atoms with E-state index >= 15 is 0 Å². The maximum Gasteiger partial charge on any atom is 0.226 e. The lowest BCUT2D eigenvalue weighted by atomic mass is 10.0. The van der Waals surface area contributed by atoms with E-state index in [1.54, 1.807) is 6.20 Å². The third-order valence-corrected chi connectivity index (χ3v) is 6.89. The van der Waals surface area contributed by atoms with E-state index in [4.69, 9.17) is 12.2 Å². The number of benzene rings is 2. The molecule has 2 aromatic carbocycles. The summed E-state index contributed by atoms with van der Waals surface area (Å²) in [6.45, 7) is 4.60. The van der Waals surface area contributed by atoms with Crippen LogP contribution in [-0.2, 0) is 4.79 Å². The van der Waals surface area contributed by atoms with E-state index in [2.05, 4.69) is 62.5 Å². The van der Waals surface area contributed by atoms with E-state index < -0.39 is 0 Å². The normalized spacial score (nSPS) is 17.2. The molecule has 0 saturated carbocycles. The first-order valence-electron chi connectivity index (χ1n) is 12.1. The summed E-state index contributed by atoms with van der Waals surface area (Å²) in [5.74, 6) is -0.0438. The highest BCUT2D eigenvalue weighted by Gasteiger charge is 2.41. The second-order valence-corrected chi connectivity index (χ2v) is 9.46. The molecular formula is C29H29N5OS. The number of para-hydroxylation sites is 1. The van der Waals surface area contributed by atoms with Crippen LogP contribution in [0, 0.1) is 13.8 Å². The Morgan fingerprint density at radius 3 is 2.64 bits per heavy atom. The number of carbonyl (C=O) groups is 1. The van der Waals surface area contributed by atoms with Gasteiger partial charge in [0.2, 0.25) is 5.91 Å². The maximum atomic E-state index is 12.8. The van der Waals surface area contributed by atoms with Crippen molar-refractivity contribution in [3.63, 3.8) is 0 Å². The standard InChI is InChI=1S/C29H29N5OS/c1-20-9-7-11-22(19-20)31-26(35)15-18-34-28(27(32-29(34)36)23-12-5-6-16-30-23)25-14-8-17-33(25)24-13-4-3-10-21(24)2/h3-14,16-17,19,27-28H,15,18H2,1-2H3,(H,31,35)(H,32,36)/t27-,28+/m1/s1. The summed E-state index contributed by atoms with van der Waals surface area (Å²) in [5, 5.41) is 7.12. The first kappa shape index (κ1) is 23.8. The Balaban J connectivity index is 1.45. The minimum absolute atomic E-state index is 0.0438. The Labute approximate surface area is 217 Å². The molecule has 2 aromatic heterocycles. The summed E-state index contributed by atoms with van der Waals surface area (Å²) in [6, 6.07) is 26.0. The predicted molar refractivity (Wildman–Crippen MR) is 147 cm³/mol. The third-order valence-electron chi connectivity index (χ3n) is 6.54. The van der Waals surface area contributed by atoms with Gasteiger partial charge in [-0.05, 0) is 79.7 Å². The molecule has 0 radical (unpaired) electrons. The second kappa shape index (κ2) is 10.3. The fraction of sp³-hybridized carbons (Fsp3) is 0.207. The fourth-order valence-electron chi connectivity index (χ4n) is 4.82. The van der Waals surface area contributed by atoms with Crippen LogP contribution in [0.2, 0.25) is 0 Å². The zero-order chi connectivity index (χ0) is 25.1. The zero-order valence-electron chi connectivity index (χ0n) is 20.4. The average molecular weight is 496 g/mol. The van der Waals surface area contributed by atoms with Crippen molar-refractivity contribution in [1.29, 1.82) is 0 Å². The molecule has 4 aromatic rings. The summed E-state index contributed by atoms with van der Waals surface area (Å²) in [6.07, 6.45) is 4.19. The van der Waals surface area contributed by atoms with Gasteiger partial charge < -0.3 is 20.1 Å². The maximum absolute atomic E-state index is 12.8. The van der Waals surface area contributed by atoms with E-state index in [0.717, 1.165) is 28.3 Å². The van der Waals surface area contributed by atoms with E-state index in [-0.39, 0.29) is 18.0 Å². The Kier molecular flexibility index (Phi) is 6.82. The van der Waals surface area contributed by atoms with Crippen molar-refractivity contribution in [1.82, 2.24) is 19.8 Å². The molecule has 1 saturated heterocycles. The number of pyridine rings is 1. The average Bonchev–Trinajstić information content (AvgIpc) is 3.47. The molecule has 5 rings (SSSR count). The monoisotopic (exact) mass is 495 g/mol. The Bertz CT molecular complexity index is 1380. The highest BCUT2D eigenvalue weighted by Crippen LogP contribution is 2.39. The summed E-state index contributed by atoms with van der Waals surface area (Å²) < 4.78 is 2.21. The van der Waals surface area contributed by atoms with Crippen LogP contribution in [0.1, 0.15) is 41.0 Å². The van der Waals surface area contributed by atoms with Gasteiger partial charge in [0.15, 0.2) is 5.11 Å². The third kappa shape index (κ3) is 4.88. The molecule has 36 heavy (non-hydrogen) atoms. The van der Waals surface area contributed by atoms with Gasteiger partial charge in [-0.15, -0.1) is 0 Å². The zero-order valence-corrected chi connectivity index (χ0v) is 21.2. The van der Waals surface area contributed by atoms with Gasteiger partial charge in [0.05, 0.1) is 17.8 Å². The molecule has 2 N–H and O–H groups in total. The van der Waals surface area contributed by atoms with Gasteiger partial charge in [-0.25, -0.2) is 0 Å². The molecule has 3 heterocycles. The number of hydrogen-bond acceptors (Lipinski definition) is 3. The Hall–Kier alpha value is -3.97. The SMILES string of the molecule is Cc1cccc(NC(=O)CCN2C(=S)N[C@H](c3ccccn3)[C@@H]2c2cccn2-c2ccccc2C)c1. The van der Waals surface area contributed by atoms with Crippen LogP contribution in [0.15, 0.2) is 91.3 Å². The number of aromatic nitrogens is 2. The highest BCUT2D eigenvalue weighted by molar-refractivity contribution is 7.80. The summed E-state index contributed by atoms with van der Waals surface area (Å²) in [4.78, 5) is 19.6. The topological polar surface area (TPSA) is 62.2 Å². The van der Waals surface area contributed by atoms with Crippen molar-refractivity contribution in [2.75, 3.05) is 11.9 Å². The van der Waals surface area contributed by atoms with Crippen molar-refractivity contribution in [2.24, 2.45) is 0 Å². The minimum atomic E-state index is -0.142. The predicted octanol–water partition coefficient (Wildman–Crippen LogP) is 5.49. The number of amides is 1. The van der Waals surface area contributed by atoms with E-state index in [0.29, 0.717) is 18.1 Å². The number of carbonyl (C=O) groups excluding carboxylic acids is 1. The van der Waals surface area contributed by atoms with Crippen molar-refractivity contribution in [2.45, 2.75) is 32.4 Å². The molecule has 1 amide bonds. The van der Waals surface area contributed by atoms with Gasteiger partial charge >= 0.3 is 0 Å². The lowest BCUT2D eigenvalue weighted by Gasteiger charge is -2.29. The lowest BCUT2D eigenvalue weighted by Crippen LogP contribution is -2.33. The van der Waals surface area contributed by atoms with E-state index in [9.17, 15) is 4.79 Å². The first-order valence-corrected chi connectivity index (χ1v) is 12.5. The number of nitrogens with zero attached hydrogens (tertiary/aromatic N) is 3. The number of thiocarbonyl (C=S) groups is 1. The number of nitrogens with one attached hydrogen (secondary N) is 2. The van der Waals surface area contributed by atoms with Gasteiger partial charge in [0.25, 0.3) is 0 Å². The number of anilines is 1. The molecule has 7 heteroatoms. The van der Waals surface area contributed by atoms with E-state index in [1.807, 2.05) is 61.5 Å². The molecular weight excluding hydrogens is 466 g/mol. The molecule has 2 atom stereocenters. The van der Waals surface area contributed by atoms with Crippen molar-refractivity contribution in [3.8, 4) is 5.69 Å². The molecule has 6 nitrogen and oxygen atoms in total. The number of hydrogen-bond donors (Lipinski definition) is 2. The molecule has 1 fully saturated rings. The van der Waals surface area contributed by atoms with Crippen molar-refractivity contribution >= 4 is 28.9 Å². The summed E-state index contributed by atoms with van der Waals surface area (Å²) >= 11 is 5.80. The highest BCUT2D eigenvalue weighted by atomic mass is 32.1. The minimum Gasteiger partial charge on any atom is -0.352 e. The summed E-state index contributed by atoms with van der Waals surface area (Å²) in [5.41, 5.74) is 6.21. The van der Waals surface area contributed by atoms with Gasteiger partial charge in [-0.3, -0.25) is 9.78 Å². The number of aryl methyl sites for hydroxylation is 2. The van der Waals surface area contributed by atoms with Crippen molar-refractivity contribution in [3.05, 3.63) is 114 Å². The van der Waals surface area contributed by atoms with Crippen molar-refractivity contribution < 1.29 is 4.79 Å². The Morgan fingerprint density at radius 2 is 1.86 bits per heavy atom. The molecule has 1 aliphatic rings. The largest absolute Gasteiger partial charge is 0.352 e. The number of rotatable bonds is 7. The molecule has 0 unspecified atom stereocenters. The van der Waals surface area contributed by atoms with E-state index in [1.165, 1.54) is 5.56 Å². The van der Waals surface area contributed by atoms with Crippen LogP contribution in [-0.4, -0.2) is 32.0 Å². The van der Waals surface area contributed by atoms with Crippen LogP contribution in [0.25, 0.3) is 5.69 Å². The molecule has 0 bridgehead atoms. The van der Waals surface area contributed by atoms with Crippen LogP contribution >= 0.6 is 12.2 Å². The van der Waals surface area contributed by atoms with Crippen LogP contribution in [0.3, 0.4) is 0 Å². The molecule has 182 valence electrons. The van der Waals surface area contributed by atoms with Gasteiger partial charge in [-0.2, -0.15) is 0 Å². The van der Waals surface area contributed by atoms with Gasteiger partial charge in [0.1, 0.15) is 0 Å². The fourth-order valence-corrected chi connectivity index (χ4v) is 5.16. The van der Waals surface area contributed by atoms with Crippen LogP contribution in [0.4, 0.5) is 5.69 Å². The second-order valence-electron chi connectivity index (χ2n) is 9.08. The van der Waals surface area contributed by atoms with Crippen LogP contribution in [0.5, 0.6) is 0 Å². The molecule has 0 spiro atoms. The first-order chi connectivity index (χ1) is 17.5. The Morgan fingerprint density at radius 1 is 1.03 bits per heavy atom. The quantitative estimate of drug-likeness (QED) is 0.332. The summed E-state index contributed by atoms with van der Waals surface area (Å²) in [7, 11) is 0. The van der Waals surface area contributed by atoms with Crippen LogP contribution < -0.4 is 10.6 Å². The molecule has 1 aliphatic heterocycles. The van der Waals surface area contributed by atoms with Gasteiger partial charge in [0, 0.05) is 42.4 Å². The lowest BCUT2D eigenvalue weighted by molar-refractivity contribution is -0.116. The smallest absolute Gasteiger partial charge is 0.226 e.